The van der Waals surface area contributed by atoms with Crippen LogP contribution in [0.25, 0.3) is 77.2 Å². The van der Waals surface area contributed by atoms with Gasteiger partial charge in [0.05, 0.1) is 35.3 Å². The van der Waals surface area contributed by atoms with Gasteiger partial charge < -0.3 is 28.8 Å². The lowest BCUT2D eigenvalue weighted by Crippen LogP contribution is -2.27. The summed E-state index contributed by atoms with van der Waals surface area (Å²) in [5, 5.41) is 31.3. The van der Waals surface area contributed by atoms with Gasteiger partial charge >= 0.3 is 0 Å². The number of fused-ring (bicyclic) bond motifs is 6. The van der Waals surface area contributed by atoms with Crippen LogP contribution in [0.2, 0.25) is 0 Å². The van der Waals surface area contributed by atoms with Gasteiger partial charge in [-0.05, 0) is 175 Å². The minimum atomic E-state index is -0.556. The molecule has 0 amide bonds. The normalized spacial score (nSPS) is 13.4. The first-order chi connectivity index (χ1) is 42.8. The van der Waals surface area contributed by atoms with Crippen LogP contribution in [0, 0.1) is 36.3 Å². The summed E-state index contributed by atoms with van der Waals surface area (Å²) < 4.78 is 51.2. The number of rotatable bonds is 14. The van der Waals surface area contributed by atoms with Crippen molar-refractivity contribution in [1.29, 1.82) is 0 Å². The SMILES string of the molecule is Cc1cc(F)cc(-c2cc(C(C)(C)CC(C)(C)C)c(OCCCOc3c(C(C)(C)CC(C)(C)C)cc(-c4cc(C)cc(F)c4)c(O)c3-n3c4cc(C(C)(C)C)ccc4c4ccc(C(C)(C)C)cc43)c(-n3c4cc(C(C)(C)C)ccc4c4ccc(C(C)(C)C)cc43)c2O)c1. The Labute approximate surface area is 554 Å². The standard InChI is InChI=1S/C85H104F2N2O4/c1-50-36-52(40-58(86)38-50)64-46-66(84(21,22)48-78(3,4)5)76(72(74(64)90)88-68-42-54(80(9,10)11)26-30-60(68)61-31-27-55(43-69(61)88)81(12,13)14)92-34-25-35-93-77-67(85(23,24)49-79(6,7)8)47-65(53-37-51(2)39-59(87)41-53)75(91)73(77)89-70-44-56(82(15,16)17)28-32-62(70)63-33-29-57(45-71(63)89)83(18,19)20/h26-33,36-47,90-91H,25,34-35,48-49H2,1-24H3. The molecule has 0 atom stereocenters. The Hall–Kier alpha value is -7.58. The molecule has 492 valence electrons. The Morgan fingerprint density at radius 3 is 0.892 bits per heavy atom. The number of phenols is 2. The molecule has 0 saturated heterocycles. The zero-order valence-corrected chi connectivity index (χ0v) is 60.4. The van der Waals surface area contributed by atoms with E-state index in [1.807, 2.05) is 38.1 Å². The lowest BCUT2D eigenvalue weighted by molar-refractivity contribution is 0.229. The molecular weight excluding hydrogens is 1150 g/mol. The number of phenolic OH excluding ortho intramolecular Hbond substituents is 2. The van der Waals surface area contributed by atoms with E-state index >= 15 is 8.78 Å². The van der Waals surface area contributed by atoms with Gasteiger partial charge in [-0.15, -0.1) is 0 Å². The van der Waals surface area contributed by atoms with Gasteiger partial charge in [0.1, 0.15) is 23.0 Å². The molecule has 10 aromatic rings. The first-order valence-corrected chi connectivity index (χ1v) is 33.6. The first kappa shape index (κ1) is 68.3. The third-order valence-electron chi connectivity index (χ3n) is 18.8. The van der Waals surface area contributed by atoms with Crippen LogP contribution >= 0.6 is 0 Å². The van der Waals surface area contributed by atoms with E-state index in [9.17, 15) is 10.2 Å². The number of hydrogen-bond donors (Lipinski definition) is 2. The Morgan fingerprint density at radius 2 is 0.645 bits per heavy atom. The number of nitrogens with zero attached hydrogens (tertiary/aromatic N) is 2. The maximum absolute atomic E-state index is 15.9. The molecular formula is C85H104F2N2O4. The largest absolute Gasteiger partial charge is 0.505 e. The van der Waals surface area contributed by atoms with Crippen LogP contribution in [0.15, 0.2) is 121 Å². The Morgan fingerprint density at radius 1 is 0.366 bits per heavy atom. The molecule has 2 N–H and O–H groups in total. The van der Waals surface area contributed by atoms with Crippen molar-refractivity contribution in [3.8, 4) is 56.6 Å². The van der Waals surface area contributed by atoms with Crippen molar-refractivity contribution in [3.63, 3.8) is 0 Å². The van der Waals surface area contributed by atoms with Crippen LogP contribution in [0.3, 0.4) is 0 Å². The zero-order valence-electron chi connectivity index (χ0n) is 60.4. The average Bonchev–Trinajstić information content (AvgIpc) is 1.63. The van der Waals surface area contributed by atoms with Gasteiger partial charge in [0.15, 0.2) is 23.0 Å². The summed E-state index contributed by atoms with van der Waals surface area (Å²) >= 11 is 0. The van der Waals surface area contributed by atoms with E-state index in [1.54, 1.807) is 0 Å². The van der Waals surface area contributed by atoms with E-state index in [1.165, 1.54) is 24.3 Å². The van der Waals surface area contributed by atoms with Crippen LogP contribution in [0.4, 0.5) is 8.78 Å². The molecule has 0 radical (unpaired) electrons. The smallest absolute Gasteiger partial charge is 0.151 e. The molecule has 6 nitrogen and oxygen atoms in total. The summed E-state index contributed by atoms with van der Waals surface area (Å²) in [5.41, 5.74) is 12.4. The van der Waals surface area contributed by atoms with E-state index < -0.39 is 10.8 Å². The van der Waals surface area contributed by atoms with Crippen molar-refractivity contribution in [2.45, 2.75) is 218 Å². The van der Waals surface area contributed by atoms with E-state index in [0.717, 1.165) is 101 Å². The summed E-state index contributed by atoms with van der Waals surface area (Å²) in [4.78, 5) is 0. The second kappa shape index (κ2) is 23.7. The van der Waals surface area contributed by atoms with Gasteiger partial charge in [-0.2, -0.15) is 0 Å². The van der Waals surface area contributed by atoms with Crippen LogP contribution in [0.5, 0.6) is 23.0 Å². The van der Waals surface area contributed by atoms with E-state index in [-0.39, 0.29) is 68.8 Å². The summed E-state index contributed by atoms with van der Waals surface area (Å²) in [7, 11) is 0. The Kier molecular flexibility index (Phi) is 17.4. The molecule has 0 aliphatic rings. The van der Waals surface area contributed by atoms with Crippen LogP contribution in [0.1, 0.15) is 216 Å². The third-order valence-corrected chi connectivity index (χ3v) is 18.8. The fraction of sp³-hybridized carbons (Fsp3) is 0.435. The molecule has 2 heterocycles. The van der Waals surface area contributed by atoms with E-state index in [2.05, 4.69) is 234 Å². The molecule has 8 heteroatoms. The highest BCUT2D eigenvalue weighted by Crippen LogP contribution is 2.55. The van der Waals surface area contributed by atoms with Gasteiger partial charge in [0.2, 0.25) is 0 Å². The summed E-state index contributed by atoms with van der Waals surface area (Å²) in [6.07, 6.45) is 1.89. The molecule has 0 bridgehead atoms. The monoisotopic (exact) mass is 1250 g/mol. The number of aromatic nitrogens is 2. The second-order valence-electron chi connectivity index (χ2n) is 34.9. The maximum Gasteiger partial charge on any atom is 0.151 e. The quantitative estimate of drug-likeness (QED) is 0.106. The highest BCUT2D eigenvalue weighted by molar-refractivity contribution is 6.12. The lowest BCUT2D eigenvalue weighted by Gasteiger charge is -2.36. The van der Waals surface area contributed by atoms with Crippen molar-refractivity contribution in [2.24, 2.45) is 10.8 Å². The molecule has 0 saturated carbocycles. The Balaban J connectivity index is 1.23. The second-order valence-corrected chi connectivity index (χ2v) is 34.9. The van der Waals surface area contributed by atoms with Crippen molar-refractivity contribution in [3.05, 3.63) is 177 Å². The maximum atomic E-state index is 15.9. The molecule has 93 heavy (non-hydrogen) atoms. The highest BCUT2D eigenvalue weighted by atomic mass is 19.1. The van der Waals surface area contributed by atoms with Gasteiger partial charge in [-0.25, -0.2) is 8.78 Å². The first-order valence-electron chi connectivity index (χ1n) is 33.6. The number of aromatic hydroxyl groups is 2. The molecule has 0 aliphatic heterocycles. The van der Waals surface area contributed by atoms with E-state index in [4.69, 9.17) is 9.47 Å². The molecule has 0 aliphatic carbocycles. The molecule has 0 spiro atoms. The van der Waals surface area contributed by atoms with Crippen molar-refractivity contribution < 1.29 is 28.5 Å². The molecule has 0 unspecified atom stereocenters. The van der Waals surface area contributed by atoms with Gasteiger partial charge in [0.25, 0.3) is 0 Å². The zero-order chi connectivity index (χ0) is 68.4. The number of aryl methyl sites for hydroxylation is 2. The van der Waals surface area contributed by atoms with Crippen LogP contribution < -0.4 is 9.47 Å². The van der Waals surface area contributed by atoms with Crippen molar-refractivity contribution in [1.82, 2.24) is 9.13 Å². The summed E-state index contributed by atoms with van der Waals surface area (Å²) in [6, 6.07) is 40.8. The average molecular weight is 1260 g/mol. The fourth-order valence-corrected chi connectivity index (χ4v) is 14.9. The number of benzene rings is 8. The van der Waals surface area contributed by atoms with E-state index in [0.29, 0.717) is 51.5 Å². The van der Waals surface area contributed by atoms with Gasteiger partial charge in [-0.3, -0.25) is 0 Å². The minimum Gasteiger partial charge on any atom is -0.505 e. The van der Waals surface area contributed by atoms with Crippen LogP contribution in [-0.2, 0) is 32.5 Å². The van der Waals surface area contributed by atoms with Crippen LogP contribution in [-0.4, -0.2) is 32.6 Å². The fourth-order valence-electron chi connectivity index (χ4n) is 14.9. The lowest BCUT2D eigenvalue weighted by atomic mass is 9.71. The predicted molar refractivity (Wildman–Crippen MR) is 390 cm³/mol. The van der Waals surface area contributed by atoms with Crippen molar-refractivity contribution >= 4 is 43.6 Å². The topological polar surface area (TPSA) is 68.8 Å². The number of hydrogen-bond acceptors (Lipinski definition) is 4. The molecule has 10 rings (SSSR count). The summed E-state index contributed by atoms with van der Waals surface area (Å²) in [6.45, 7) is 53.3. The molecule has 0 fully saturated rings. The third kappa shape index (κ3) is 13.7. The molecule has 2 aromatic heterocycles. The summed E-state index contributed by atoms with van der Waals surface area (Å²) in [5.74, 6) is 0.274. The minimum absolute atomic E-state index is 0.0162. The Bertz CT molecular complexity index is 4070. The predicted octanol–water partition coefficient (Wildman–Crippen LogP) is 24.0. The number of halogens is 2. The van der Waals surface area contributed by atoms with Gasteiger partial charge in [0, 0.05) is 50.2 Å². The van der Waals surface area contributed by atoms with Gasteiger partial charge in [-0.1, -0.05) is 213 Å². The number of ether oxygens (including phenoxy) is 2. The van der Waals surface area contributed by atoms with Crippen molar-refractivity contribution in [2.75, 3.05) is 13.2 Å². The highest BCUT2D eigenvalue weighted by Gasteiger charge is 2.38. The molecule has 8 aromatic carbocycles.